The summed E-state index contributed by atoms with van der Waals surface area (Å²) in [6.07, 6.45) is 17.5. The molecule has 1 N–H and O–H groups in total. The first-order valence-corrected chi connectivity index (χ1v) is 10.8. The first-order valence-electron chi connectivity index (χ1n) is 10.8. The van der Waals surface area contributed by atoms with Gasteiger partial charge in [-0.15, -0.1) is 12.4 Å². The van der Waals surface area contributed by atoms with Gasteiger partial charge in [0, 0.05) is 18.9 Å². The summed E-state index contributed by atoms with van der Waals surface area (Å²) >= 11 is 0. The lowest BCUT2D eigenvalue weighted by Crippen LogP contribution is -2.27. The quantitative estimate of drug-likeness (QED) is 0.614. The molecule has 2 aliphatic rings. The minimum absolute atomic E-state index is 0. The van der Waals surface area contributed by atoms with Crippen molar-refractivity contribution in [3.63, 3.8) is 0 Å². The standard InChI is InChI=1S/C23H36N2.ClH/c1-2-4-6-11-18-23(24-19-12-7-5-3-1)25-22-17-13-16-21(22)20-14-9-8-10-15-20;/h8-10,14-15,21-22H,1-7,11-13,16-19H2,(H,24,25);1H. The zero-order valence-electron chi connectivity index (χ0n) is 16.3. The number of hydrogen-bond acceptors (Lipinski definition) is 1. The van der Waals surface area contributed by atoms with Crippen LogP contribution in [-0.4, -0.2) is 18.4 Å². The molecule has 3 heteroatoms. The zero-order chi connectivity index (χ0) is 17.2. The van der Waals surface area contributed by atoms with E-state index < -0.39 is 0 Å². The molecule has 1 aliphatic heterocycles. The van der Waals surface area contributed by atoms with E-state index in [1.165, 1.54) is 88.4 Å². The Balaban J connectivity index is 0.00000243. The number of rotatable bonds is 2. The van der Waals surface area contributed by atoms with Gasteiger partial charge in [0.05, 0.1) is 11.9 Å². The minimum atomic E-state index is 0. The predicted molar refractivity (Wildman–Crippen MR) is 116 cm³/mol. The molecule has 26 heavy (non-hydrogen) atoms. The first-order chi connectivity index (χ1) is 12.4. The lowest BCUT2D eigenvalue weighted by molar-refractivity contribution is 0.566. The molecule has 1 heterocycles. The van der Waals surface area contributed by atoms with E-state index in [1.54, 1.807) is 0 Å². The van der Waals surface area contributed by atoms with E-state index in [1.807, 2.05) is 0 Å². The highest BCUT2D eigenvalue weighted by Crippen LogP contribution is 2.36. The van der Waals surface area contributed by atoms with Gasteiger partial charge < -0.3 is 5.32 Å². The van der Waals surface area contributed by atoms with Crippen LogP contribution in [0, 0.1) is 0 Å². The van der Waals surface area contributed by atoms with Crippen LogP contribution in [0.1, 0.15) is 95.0 Å². The zero-order valence-corrected chi connectivity index (χ0v) is 17.1. The van der Waals surface area contributed by atoms with Crippen molar-refractivity contribution >= 4 is 18.2 Å². The molecule has 2 atom stereocenters. The van der Waals surface area contributed by atoms with Crippen LogP contribution in [0.25, 0.3) is 0 Å². The molecule has 1 aromatic carbocycles. The molecule has 1 saturated carbocycles. The first kappa shape index (κ1) is 21.3. The molecule has 2 fully saturated rings. The van der Waals surface area contributed by atoms with Crippen molar-refractivity contribution in [3.8, 4) is 0 Å². The van der Waals surface area contributed by atoms with Crippen LogP contribution in [0.3, 0.4) is 0 Å². The number of nitrogens with one attached hydrogen (secondary N) is 1. The molecule has 3 rings (SSSR count). The Morgan fingerprint density at radius 2 is 1.38 bits per heavy atom. The van der Waals surface area contributed by atoms with Crippen LogP contribution in [0.15, 0.2) is 35.3 Å². The maximum atomic E-state index is 5.25. The van der Waals surface area contributed by atoms with Gasteiger partial charge in [-0.05, 0) is 31.2 Å². The van der Waals surface area contributed by atoms with Crippen LogP contribution >= 0.6 is 12.4 Å². The van der Waals surface area contributed by atoms with E-state index in [2.05, 4.69) is 35.6 Å². The number of amidine groups is 1. The fourth-order valence-corrected chi connectivity index (χ4v) is 4.47. The minimum Gasteiger partial charge on any atom is -0.374 e. The summed E-state index contributed by atoms with van der Waals surface area (Å²) in [6, 6.07) is 11.5. The SMILES string of the molecule is Cl.c1ccc(C2CCCC2N=C2CCCCCCCCCCCN2)cc1. The van der Waals surface area contributed by atoms with E-state index in [0.29, 0.717) is 12.0 Å². The Hall–Kier alpha value is -1.02. The van der Waals surface area contributed by atoms with E-state index >= 15 is 0 Å². The second-order valence-electron chi connectivity index (χ2n) is 7.95. The molecule has 0 amide bonds. The molecule has 146 valence electrons. The summed E-state index contributed by atoms with van der Waals surface area (Å²) in [5.74, 6) is 1.92. The Bertz CT molecular complexity index is 498. The van der Waals surface area contributed by atoms with Gasteiger partial charge in [-0.2, -0.15) is 0 Å². The third kappa shape index (κ3) is 6.95. The fraction of sp³-hybridized carbons (Fsp3) is 0.696. The lowest BCUT2D eigenvalue weighted by Gasteiger charge is -2.19. The molecule has 0 aromatic heterocycles. The Labute approximate surface area is 166 Å². The van der Waals surface area contributed by atoms with Gasteiger partial charge >= 0.3 is 0 Å². The number of halogens is 1. The third-order valence-corrected chi connectivity index (χ3v) is 5.95. The molecule has 0 bridgehead atoms. The molecule has 0 spiro atoms. The van der Waals surface area contributed by atoms with Gasteiger partial charge in [0.15, 0.2) is 0 Å². The average Bonchev–Trinajstić information content (AvgIpc) is 3.11. The van der Waals surface area contributed by atoms with Crippen molar-refractivity contribution < 1.29 is 0 Å². The second kappa shape index (κ2) is 12.4. The summed E-state index contributed by atoms with van der Waals surface area (Å²) in [7, 11) is 0. The largest absolute Gasteiger partial charge is 0.374 e. The Morgan fingerprint density at radius 1 is 0.731 bits per heavy atom. The number of hydrogen-bond donors (Lipinski definition) is 1. The lowest BCUT2D eigenvalue weighted by atomic mass is 9.94. The smallest absolute Gasteiger partial charge is 0.0966 e. The Morgan fingerprint density at radius 3 is 2.12 bits per heavy atom. The van der Waals surface area contributed by atoms with Crippen LogP contribution in [-0.2, 0) is 0 Å². The molecule has 2 unspecified atom stereocenters. The van der Waals surface area contributed by atoms with Gasteiger partial charge in [0.25, 0.3) is 0 Å². The van der Waals surface area contributed by atoms with E-state index in [-0.39, 0.29) is 12.4 Å². The number of nitrogens with zero attached hydrogens (tertiary/aromatic N) is 1. The van der Waals surface area contributed by atoms with Crippen LogP contribution in [0.4, 0.5) is 0 Å². The van der Waals surface area contributed by atoms with Crippen LogP contribution < -0.4 is 5.32 Å². The normalized spacial score (nSPS) is 27.5. The van der Waals surface area contributed by atoms with Crippen molar-refractivity contribution in [2.45, 2.75) is 95.4 Å². The van der Waals surface area contributed by atoms with Crippen LogP contribution in [0.2, 0.25) is 0 Å². The van der Waals surface area contributed by atoms with Crippen molar-refractivity contribution in [3.05, 3.63) is 35.9 Å². The second-order valence-corrected chi connectivity index (χ2v) is 7.95. The van der Waals surface area contributed by atoms with Crippen molar-refractivity contribution in [2.75, 3.05) is 6.54 Å². The summed E-state index contributed by atoms with van der Waals surface area (Å²) < 4.78 is 0. The summed E-state index contributed by atoms with van der Waals surface area (Å²) in [5, 5.41) is 3.71. The van der Waals surface area contributed by atoms with Gasteiger partial charge in [-0.3, -0.25) is 4.99 Å². The average molecular weight is 377 g/mol. The molecule has 2 nitrogen and oxygen atoms in total. The third-order valence-electron chi connectivity index (χ3n) is 5.95. The topological polar surface area (TPSA) is 24.4 Å². The van der Waals surface area contributed by atoms with Crippen molar-refractivity contribution in [1.82, 2.24) is 5.32 Å². The molecule has 1 aliphatic carbocycles. The predicted octanol–water partition coefficient (Wildman–Crippen LogP) is 6.65. The van der Waals surface area contributed by atoms with Gasteiger partial charge in [0.1, 0.15) is 0 Å². The molecular formula is C23H37ClN2. The molecule has 1 saturated heterocycles. The number of aliphatic imine (C=N–C) groups is 1. The highest BCUT2D eigenvalue weighted by atomic mass is 35.5. The van der Waals surface area contributed by atoms with Crippen LogP contribution in [0.5, 0.6) is 0 Å². The molecule has 0 radical (unpaired) electrons. The fourth-order valence-electron chi connectivity index (χ4n) is 4.47. The summed E-state index contributed by atoms with van der Waals surface area (Å²) in [5.41, 5.74) is 1.49. The highest BCUT2D eigenvalue weighted by Gasteiger charge is 2.28. The van der Waals surface area contributed by atoms with Gasteiger partial charge in [0.2, 0.25) is 0 Å². The van der Waals surface area contributed by atoms with E-state index in [0.717, 1.165) is 13.0 Å². The summed E-state index contributed by atoms with van der Waals surface area (Å²) in [6.45, 7) is 1.11. The monoisotopic (exact) mass is 376 g/mol. The maximum absolute atomic E-state index is 5.25. The Kier molecular flexibility index (Phi) is 10.1. The van der Waals surface area contributed by atoms with E-state index in [4.69, 9.17) is 4.99 Å². The maximum Gasteiger partial charge on any atom is 0.0966 e. The van der Waals surface area contributed by atoms with Crippen molar-refractivity contribution in [2.24, 2.45) is 4.99 Å². The highest BCUT2D eigenvalue weighted by molar-refractivity contribution is 5.85. The van der Waals surface area contributed by atoms with Crippen molar-refractivity contribution in [1.29, 1.82) is 0 Å². The molecular weight excluding hydrogens is 340 g/mol. The molecule has 1 aromatic rings. The van der Waals surface area contributed by atoms with Gasteiger partial charge in [-0.25, -0.2) is 0 Å². The summed E-state index contributed by atoms with van der Waals surface area (Å²) in [4.78, 5) is 5.25. The van der Waals surface area contributed by atoms with E-state index in [9.17, 15) is 0 Å². The van der Waals surface area contributed by atoms with Gasteiger partial charge in [-0.1, -0.05) is 81.7 Å². The number of benzene rings is 1.